The van der Waals surface area contributed by atoms with Crippen molar-refractivity contribution < 1.29 is 32.2 Å². The second-order valence-electron chi connectivity index (χ2n) is 8.83. The van der Waals surface area contributed by atoms with E-state index in [1.165, 1.54) is 24.5 Å². The Balaban J connectivity index is 1.44. The number of amides is 2. The Morgan fingerprint density at radius 1 is 1.15 bits per heavy atom. The molecule has 2 amide bonds. The molecular weight excluding hydrogens is 533 g/mol. The van der Waals surface area contributed by atoms with Crippen LogP contribution >= 0.6 is 0 Å². The lowest BCUT2D eigenvalue weighted by Gasteiger charge is -2.26. The number of anilines is 2. The highest BCUT2D eigenvalue weighted by Crippen LogP contribution is 2.34. The first-order valence-corrected chi connectivity index (χ1v) is 12.5. The monoisotopic (exact) mass is 562 g/mol. The number of morpholine rings is 1. The fraction of sp³-hybridized carbons (Fsp3) is 0.385. The number of halogens is 3. The highest BCUT2D eigenvalue weighted by Gasteiger charge is 2.31. The van der Waals surface area contributed by atoms with Gasteiger partial charge in [-0.1, -0.05) is 0 Å². The summed E-state index contributed by atoms with van der Waals surface area (Å²) in [6, 6.07) is 3.76. The number of aromatic nitrogens is 3. The molecule has 1 fully saturated rings. The molecule has 0 radical (unpaired) electrons. The molecule has 1 aromatic carbocycles. The van der Waals surface area contributed by atoms with Crippen LogP contribution < -0.4 is 25.7 Å². The topological polar surface area (TPSA) is 131 Å². The van der Waals surface area contributed by atoms with Gasteiger partial charge in [0.2, 0.25) is 0 Å². The third-order valence-corrected chi connectivity index (χ3v) is 5.93. The molecule has 3 aromatic rings. The number of carbonyl (C=O) groups excluding carboxylic acids is 1. The molecule has 214 valence electrons. The number of rotatable bonds is 9. The summed E-state index contributed by atoms with van der Waals surface area (Å²) in [6.07, 6.45) is -1.84. The van der Waals surface area contributed by atoms with E-state index < -0.39 is 23.3 Å². The van der Waals surface area contributed by atoms with Crippen molar-refractivity contribution in [2.45, 2.75) is 20.0 Å². The first-order chi connectivity index (χ1) is 19.1. The van der Waals surface area contributed by atoms with Gasteiger partial charge in [-0.3, -0.25) is 9.69 Å². The van der Waals surface area contributed by atoms with Gasteiger partial charge in [0, 0.05) is 43.1 Å². The minimum absolute atomic E-state index is 0.0189. The highest BCUT2D eigenvalue weighted by atomic mass is 19.4. The number of hydrogen-bond acceptors (Lipinski definition) is 8. The van der Waals surface area contributed by atoms with Crippen LogP contribution in [0.2, 0.25) is 0 Å². The van der Waals surface area contributed by atoms with Gasteiger partial charge in [-0.2, -0.15) is 13.2 Å². The molecule has 0 spiro atoms. The summed E-state index contributed by atoms with van der Waals surface area (Å²) in [5.74, 6) is 0.375. The molecule has 0 atom stereocenters. The number of nitrogens with one attached hydrogen (secondary N) is 3. The van der Waals surface area contributed by atoms with Gasteiger partial charge in [0.25, 0.3) is 5.56 Å². The Morgan fingerprint density at radius 3 is 2.62 bits per heavy atom. The number of aryl methyl sites for hydroxylation is 1. The van der Waals surface area contributed by atoms with Crippen molar-refractivity contribution in [3.63, 3.8) is 0 Å². The lowest BCUT2D eigenvalue weighted by molar-refractivity contribution is -0.137. The number of hydrogen-bond donors (Lipinski definition) is 3. The van der Waals surface area contributed by atoms with Gasteiger partial charge in [0.05, 0.1) is 43.0 Å². The van der Waals surface area contributed by atoms with E-state index in [4.69, 9.17) is 14.2 Å². The van der Waals surface area contributed by atoms with E-state index >= 15 is 0 Å². The lowest BCUT2D eigenvalue weighted by Crippen LogP contribution is -2.38. The molecule has 1 saturated heterocycles. The van der Waals surface area contributed by atoms with E-state index in [9.17, 15) is 22.8 Å². The van der Waals surface area contributed by atoms with Crippen LogP contribution in [0.1, 0.15) is 18.2 Å². The molecule has 3 N–H and O–H groups in total. The molecule has 11 nitrogen and oxygen atoms in total. The minimum atomic E-state index is -4.64. The Hall–Kier alpha value is -4.17. The van der Waals surface area contributed by atoms with E-state index in [-0.39, 0.29) is 35.3 Å². The van der Waals surface area contributed by atoms with Crippen molar-refractivity contribution in [3.05, 3.63) is 58.3 Å². The number of carbonyl (C=O) groups is 1. The zero-order valence-electron chi connectivity index (χ0n) is 21.9. The quantitative estimate of drug-likeness (QED) is 0.358. The number of pyridine rings is 1. The SMILES string of the molecule is CCOc1cc(-c2ncc(NC(=O)Nc3cc(OCCN4CCOCC4)cc(C(F)(F)F)c3)c(C)n2)c[nH]c1=O. The minimum Gasteiger partial charge on any atom is -0.492 e. The standard InChI is InChI=1S/C26H29F3N6O5/c1-3-39-22-10-17(14-31-24(22)36)23-30-15-21(16(2)32-23)34-25(37)33-19-11-18(26(27,28)29)12-20(13-19)40-9-6-35-4-7-38-8-5-35/h10-15H,3-9H2,1-2H3,(H,31,36)(H2,33,34,37). The number of H-pyrrole nitrogens is 1. The second-order valence-corrected chi connectivity index (χ2v) is 8.83. The first kappa shape index (κ1) is 28.8. The van der Waals surface area contributed by atoms with Crippen LogP contribution in [-0.2, 0) is 10.9 Å². The molecule has 1 aliphatic rings. The van der Waals surface area contributed by atoms with E-state index in [1.807, 2.05) is 0 Å². The largest absolute Gasteiger partial charge is 0.492 e. The van der Waals surface area contributed by atoms with Crippen LogP contribution in [-0.4, -0.2) is 71.9 Å². The van der Waals surface area contributed by atoms with Crippen molar-refractivity contribution in [2.24, 2.45) is 0 Å². The van der Waals surface area contributed by atoms with Gasteiger partial charge >= 0.3 is 12.2 Å². The normalized spacial score (nSPS) is 14.0. The van der Waals surface area contributed by atoms with E-state index in [0.717, 1.165) is 25.2 Å². The van der Waals surface area contributed by atoms with Crippen molar-refractivity contribution >= 4 is 17.4 Å². The maximum absolute atomic E-state index is 13.5. The molecule has 14 heteroatoms. The summed E-state index contributed by atoms with van der Waals surface area (Å²) >= 11 is 0. The summed E-state index contributed by atoms with van der Waals surface area (Å²) in [5, 5.41) is 4.96. The molecule has 3 heterocycles. The average molecular weight is 563 g/mol. The van der Waals surface area contributed by atoms with Gasteiger partial charge in [-0.25, -0.2) is 14.8 Å². The van der Waals surface area contributed by atoms with Gasteiger partial charge < -0.3 is 29.8 Å². The Labute approximate surface area is 227 Å². The van der Waals surface area contributed by atoms with Crippen LogP contribution in [0.25, 0.3) is 11.4 Å². The number of urea groups is 1. The van der Waals surface area contributed by atoms with E-state index in [0.29, 0.717) is 37.6 Å². The van der Waals surface area contributed by atoms with Crippen molar-refractivity contribution in [2.75, 3.05) is 56.7 Å². The van der Waals surface area contributed by atoms with Crippen LogP contribution in [0.4, 0.5) is 29.3 Å². The van der Waals surface area contributed by atoms with Crippen LogP contribution in [0.5, 0.6) is 11.5 Å². The maximum Gasteiger partial charge on any atom is 0.416 e. The van der Waals surface area contributed by atoms with Gasteiger partial charge in [0.15, 0.2) is 11.6 Å². The van der Waals surface area contributed by atoms with Gasteiger partial charge in [-0.15, -0.1) is 0 Å². The Morgan fingerprint density at radius 2 is 1.93 bits per heavy atom. The molecule has 0 aliphatic carbocycles. The molecule has 40 heavy (non-hydrogen) atoms. The smallest absolute Gasteiger partial charge is 0.416 e. The fourth-order valence-electron chi connectivity index (χ4n) is 3.90. The van der Waals surface area contributed by atoms with Crippen LogP contribution in [0.15, 0.2) is 41.5 Å². The van der Waals surface area contributed by atoms with Crippen molar-refractivity contribution in [1.29, 1.82) is 0 Å². The summed E-state index contributed by atoms with van der Waals surface area (Å²) < 4.78 is 56.7. The third-order valence-electron chi connectivity index (χ3n) is 5.93. The van der Waals surface area contributed by atoms with E-state index in [1.54, 1.807) is 13.8 Å². The molecule has 4 rings (SSSR count). The molecular formula is C26H29F3N6O5. The molecule has 0 unspecified atom stereocenters. The van der Waals surface area contributed by atoms with Crippen LogP contribution in [0, 0.1) is 6.92 Å². The first-order valence-electron chi connectivity index (χ1n) is 12.5. The summed E-state index contributed by atoms with van der Waals surface area (Å²) in [4.78, 5) is 37.7. The molecule has 0 saturated carbocycles. The summed E-state index contributed by atoms with van der Waals surface area (Å²) in [5.41, 5.74) is -0.321. The number of alkyl halides is 3. The second kappa shape index (κ2) is 12.8. The van der Waals surface area contributed by atoms with Gasteiger partial charge in [-0.05, 0) is 32.0 Å². The molecule has 1 aliphatic heterocycles. The number of nitrogens with zero attached hydrogens (tertiary/aromatic N) is 3. The van der Waals surface area contributed by atoms with Crippen molar-refractivity contribution in [1.82, 2.24) is 19.9 Å². The fourth-order valence-corrected chi connectivity index (χ4v) is 3.90. The van der Waals surface area contributed by atoms with Gasteiger partial charge in [0.1, 0.15) is 12.4 Å². The lowest BCUT2D eigenvalue weighted by atomic mass is 10.2. The van der Waals surface area contributed by atoms with E-state index in [2.05, 4.69) is 30.5 Å². The number of ether oxygens (including phenoxy) is 3. The number of benzene rings is 1. The van der Waals surface area contributed by atoms with Crippen molar-refractivity contribution in [3.8, 4) is 22.9 Å². The predicted octanol–water partition coefficient (Wildman–Crippen LogP) is 3.91. The Kier molecular flexibility index (Phi) is 9.22. The maximum atomic E-state index is 13.5. The average Bonchev–Trinajstić information content (AvgIpc) is 2.91. The van der Waals surface area contributed by atoms with Crippen LogP contribution in [0.3, 0.4) is 0 Å². The zero-order valence-corrected chi connectivity index (χ0v) is 21.9. The predicted molar refractivity (Wildman–Crippen MR) is 141 cm³/mol. The third kappa shape index (κ3) is 7.70. The summed E-state index contributed by atoms with van der Waals surface area (Å²) in [7, 11) is 0. The Bertz CT molecular complexity index is 1390. The molecule has 0 bridgehead atoms. The highest BCUT2D eigenvalue weighted by molar-refractivity contribution is 6.00. The summed E-state index contributed by atoms with van der Waals surface area (Å²) in [6.45, 7) is 7.03. The molecule has 2 aromatic heterocycles. The zero-order chi connectivity index (χ0) is 28.7. The number of aromatic amines is 1.